The Hall–Kier alpha value is -0.523. The first-order valence-electron chi connectivity index (χ1n) is 6.34. The molecule has 100 valence electrons. The first kappa shape index (κ1) is 14.9. The number of phenolic OH excluding ortho intramolecular Hbond substituents is 1. The molecule has 0 atom stereocenters. The van der Waals surface area contributed by atoms with E-state index in [4.69, 9.17) is 11.6 Å². The Morgan fingerprint density at radius 3 is 2.53 bits per heavy atom. The quantitative estimate of drug-likeness (QED) is 0.336. The summed E-state index contributed by atoms with van der Waals surface area (Å²) in [6.45, 7) is 0. The number of phenols is 1. The van der Waals surface area contributed by atoms with Crippen molar-refractivity contribution in [3.05, 3.63) is 53.1 Å². The number of rotatable bonds is 5. The van der Waals surface area contributed by atoms with Crippen LogP contribution in [0.1, 0.15) is 12.0 Å². The molecule has 4 heteroatoms. The third kappa shape index (κ3) is 4.23. The van der Waals surface area contributed by atoms with Gasteiger partial charge >= 0.3 is 0 Å². The van der Waals surface area contributed by atoms with E-state index in [-0.39, 0.29) is 7.02 Å². The number of aryl methyl sites for hydroxylation is 1. The summed E-state index contributed by atoms with van der Waals surface area (Å²) in [4.78, 5) is 0. The molecule has 0 radical (unpaired) electrons. The second-order valence-electron chi connectivity index (χ2n) is 4.49. The minimum atomic E-state index is 0.0980. The summed E-state index contributed by atoms with van der Waals surface area (Å²) < 4.78 is 0. The Morgan fingerprint density at radius 1 is 1.11 bits per heavy atom. The molecule has 0 aliphatic rings. The summed E-state index contributed by atoms with van der Waals surface area (Å²) in [5.41, 5.74) is 3.58. The first-order chi connectivity index (χ1) is 9.20. The van der Waals surface area contributed by atoms with Crippen molar-refractivity contribution >= 4 is 40.4 Å². The van der Waals surface area contributed by atoms with Gasteiger partial charge in [0.15, 0.2) is 0 Å². The molecule has 0 saturated carbocycles. The molecule has 0 amide bonds. The van der Waals surface area contributed by atoms with Crippen LogP contribution in [0.15, 0.2) is 42.5 Å². The molecular weight excluding hydrogens is 387 g/mol. The van der Waals surface area contributed by atoms with Gasteiger partial charge in [-0.2, -0.15) is 0 Å². The Morgan fingerprint density at radius 2 is 1.84 bits per heavy atom. The van der Waals surface area contributed by atoms with Gasteiger partial charge in [0.1, 0.15) is 5.75 Å². The molecule has 0 aromatic heterocycles. The van der Waals surface area contributed by atoms with Crippen molar-refractivity contribution in [2.24, 2.45) is 0 Å². The van der Waals surface area contributed by atoms with Crippen LogP contribution in [-0.2, 0) is 6.42 Å². The SMILES string of the molecule is Oc1ccc(-c2ccc(Cl)cc2)c(CCC[SiH2]I)c1. The van der Waals surface area contributed by atoms with Crippen LogP contribution < -0.4 is 0 Å². The molecule has 1 nitrogen and oxygen atoms in total. The molecule has 1 N–H and O–H groups in total. The van der Waals surface area contributed by atoms with Gasteiger partial charge < -0.3 is 5.11 Å². The van der Waals surface area contributed by atoms with E-state index in [9.17, 15) is 5.11 Å². The molecule has 0 fully saturated rings. The predicted octanol–water partition coefficient (Wildman–Crippen LogP) is 4.58. The number of hydrogen-bond acceptors (Lipinski definition) is 1. The zero-order chi connectivity index (χ0) is 13.7. The molecule has 0 unspecified atom stereocenters. The summed E-state index contributed by atoms with van der Waals surface area (Å²) in [6, 6.07) is 14.9. The van der Waals surface area contributed by atoms with Gasteiger partial charge in [0, 0.05) is 5.02 Å². The number of aromatic hydroxyl groups is 1. The van der Waals surface area contributed by atoms with Gasteiger partial charge in [-0.25, -0.2) is 0 Å². The lowest BCUT2D eigenvalue weighted by Gasteiger charge is -2.10. The van der Waals surface area contributed by atoms with Crippen LogP contribution >= 0.6 is 33.4 Å². The van der Waals surface area contributed by atoms with E-state index in [0.717, 1.165) is 17.0 Å². The smallest absolute Gasteiger partial charge is 0.115 e. The molecule has 2 rings (SSSR count). The van der Waals surface area contributed by atoms with E-state index >= 15 is 0 Å². The molecule has 0 heterocycles. The molecular formula is C15H16ClIOSi. The van der Waals surface area contributed by atoms with Crippen LogP contribution in [0, 0.1) is 0 Å². The lowest BCUT2D eigenvalue weighted by molar-refractivity contribution is 0.474. The normalized spacial score (nSPS) is 11.3. The van der Waals surface area contributed by atoms with Gasteiger partial charge in [-0.15, -0.1) is 21.8 Å². The molecule has 0 bridgehead atoms. The van der Waals surface area contributed by atoms with Gasteiger partial charge in [0.25, 0.3) is 0 Å². The Kier molecular flexibility index (Phi) is 5.72. The van der Waals surface area contributed by atoms with Crippen LogP contribution in [0.5, 0.6) is 5.75 Å². The van der Waals surface area contributed by atoms with Crippen LogP contribution in [0.25, 0.3) is 11.1 Å². The van der Waals surface area contributed by atoms with Crippen LogP contribution in [-0.4, -0.2) is 12.1 Å². The minimum absolute atomic E-state index is 0.0980. The zero-order valence-corrected chi connectivity index (χ0v) is 14.9. The topological polar surface area (TPSA) is 20.2 Å². The second-order valence-corrected chi connectivity index (χ2v) is 9.25. The molecule has 0 aliphatic carbocycles. The van der Waals surface area contributed by atoms with Gasteiger partial charge in [-0.3, -0.25) is 0 Å². The Balaban J connectivity index is 2.30. The first-order valence-corrected chi connectivity index (χ1v) is 12.8. The van der Waals surface area contributed by atoms with E-state index in [2.05, 4.69) is 21.8 Å². The van der Waals surface area contributed by atoms with E-state index in [1.807, 2.05) is 36.4 Å². The third-order valence-corrected chi connectivity index (χ3v) is 6.38. The van der Waals surface area contributed by atoms with Crippen molar-refractivity contribution in [2.75, 3.05) is 0 Å². The highest BCUT2D eigenvalue weighted by atomic mass is 127. The fourth-order valence-electron chi connectivity index (χ4n) is 2.11. The van der Waals surface area contributed by atoms with E-state index < -0.39 is 0 Å². The van der Waals surface area contributed by atoms with Gasteiger partial charge in [0.2, 0.25) is 0 Å². The maximum Gasteiger partial charge on any atom is 0.115 e. The number of halogens is 2. The summed E-state index contributed by atoms with van der Waals surface area (Å²) in [5.74, 6) is 0.347. The highest BCUT2D eigenvalue weighted by Gasteiger charge is 2.06. The van der Waals surface area contributed by atoms with Crippen LogP contribution in [0.3, 0.4) is 0 Å². The monoisotopic (exact) mass is 402 g/mol. The molecule has 2 aromatic rings. The lowest BCUT2D eigenvalue weighted by Crippen LogP contribution is -1.91. The predicted molar refractivity (Wildman–Crippen MR) is 94.2 cm³/mol. The van der Waals surface area contributed by atoms with Crippen molar-refractivity contribution in [1.82, 2.24) is 0 Å². The number of hydrogen-bond donors (Lipinski definition) is 1. The summed E-state index contributed by atoms with van der Waals surface area (Å²) >= 11 is 8.47. The Labute approximate surface area is 134 Å². The average molecular weight is 403 g/mol. The number of benzene rings is 2. The van der Waals surface area contributed by atoms with Crippen molar-refractivity contribution in [3.8, 4) is 16.9 Å². The van der Waals surface area contributed by atoms with Crippen molar-refractivity contribution < 1.29 is 5.11 Å². The van der Waals surface area contributed by atoms with Crippen LogP contribution in [0.4, 0.5) is 0 Å². The van der Waals surface area contributed by atoms with E-state index in [1.54, 1.807) is 6.07 Å². The fourth-order valence-corrected chi connectivity index (χ4v) is 4.29. The fraction of sp³-hybridized carbons (Fsp3) is 0.200. The van der Waals surface area contributed by atoms with E-state index in [1.165, 1.54) is 23.6 Å². The highest BCUT2D eigenvalue weighted by Crippen LogP contribution is 2.29. The lowest BCUT2D eigenvalue weighted by atomic mass is 9.96. The van der Waals surface area contributed by atoms with Crippen molar-refractivity contribution in [1.29, 1.82) is 0 Å². The molecule has 0 aliphatic heterocycles. The van der Waals surface area contributed by atoms with Gasteiger partial charge in [-0.05, 0) is 47.4 Å². The minimum Gasteiger partial charge on any atom is -0.508 e. The summed E-state index contributed by atoms with van der Waals surface area (Å²) in [5, 5.41) is 10.4. The summed E-state index contributed by atoms with van der Waals surface area (Å²) in [7, 11) is 0.0980. The maximum atomic E-state index is 9.67. The molecule has 19 heavy (non-hydrogen) atoms. The van der Waals surface area contributed by atoms with Crippen LogP contribution in [0.2, 0.25) is 11.1 Å². The van der Waals surface area contributed by atoms with Crippen molar-refractivity contribution in [3.63, 3.8) is 0 Å². The second kappa shape index (κ2) is 7.31. The maximum absolute atomic E-state index is 9.67. The highest BCUT2D eigenvalue weighted by molar-refractivity contribution is 14.1. The van der Waals surface area contributed by atoms with E-state index in [0.29, 0.717) is 5.75 Å². The average Bonchev–Trinajstić information content (AvgIpc) is 2.41. The molecule has 2 aromatic carbocycles. The molecule has 0 spiro atoms. The largest absolute Gasteiger partial charge is 0.508 e. The Bertz CT molecular complexity index is 542. The zero-order valence-electron chi connectivity index (χ0n) is 10.6. The van der Waals surface area contributed by atoms with Gasteiger partial charge in [-0.1, -0.05) is 42.3 Å². The molecule has 0 saturated heterocycles. The summed E-state index contributed by atoms with van der Waals surface area (Å²) in [6.07, 6.45) is 2.24. The van der Waals surface area contributed by atoms with Gasteiger partial charge in [0.05, 0.1) is 7.02 Å². The standard InChI is InChI=1S/C15H16ClIOSi/c16-13-5-3-11(4-6-13)15-8-7-14(18)10-12(15)2-1-9-19-17/h3-8,10,18H,1-2,9,19H2. The third-order valence-electron chi connectivity index (χ3n) is 3.07. The van der Waals surface area contributed by atoms with Crippen molar-refractivity contribution in [2.45, 2.75) is 18.9 Å².